The number of hydrogen-bond donors (Lipinski definition) is 0. The van der Waals surface area contributed by atoms with E-state index in [4.69, 9.17) is 4.74 Å². The average molecular weight is 366 g/mol. The maximum atomic E-state index is 12.4. The van der Waals surface area contributed by atoms with Crippen molar-refractivity contribution in [3.63, 3.8) is 0 Å². The van der Waals surface area contributed by atoms with E-state index >= 15 is 0 Å². The van der Waals surface area contributed by atoms with Crippen molar-refractivity contribution in [3.8, 4) is 0 Å². The van der Waals surface area contributed by atoms with Crippen molar-refractivity contribution >= 4 is 21.7 Å². The normalized spacial score (nSPS) is 24.1. The second-order valence-electron chi connectivity index (χ2n) is 6.41. The number of likely N-dealkylation sites (tertiary alicyclic amines) is 1. The number of carbonyl (C=O) groups excluding carboxylic acids is 2. The van der Waals surface area contributed by atoms with Gasteiger partial charge in [0.25, 0.3) is 0 Å². The molecule has 25 heavy (non-hydrogen) atoms. The van der Waals surface area contributed by atoms with Crippen LogP contribution in [0.3, 0.4) is 0 Å². The highest BCUT2D eigenvalue weighted by atomic mass is 32.2. The number of amides is 2. The second-order valence-corrected chi connectivity index (χ2v) is 8.52. The Balaban J connectivity index is 1.60. The Bertz CT molecular complexity index is 750. The van der Waals surface area contributed by atoms with Gasteiger partial charge in [-0.2, -0.15) is 0 Å². The zero-order valence-corrected chi connectivity index (χ0v) is 14.9. The summed E-state index contributed by atoms with van der Waals surface area (Å²) in [5.41, 5.74) is 0. The fourth-order valence-electron chi connectivity index (χ4n) is 3.28. The summed E-state index contributed by atoms with van der Waals surface area (Å²) >= 11 is 0. The van der Waals surface area contributed by atoms with Gasteiger partial charge in [-0.25, -0.2) is 8.42 Å². The molecular weight excluding hydrogens is 344 g/mol. The second kappa shape index (κ2) is 7.13. The zero-order valence-electron chi connectivity index (χ0n) is 14.1. The molecule has 2 aliphatic heterocycles. The molecule has 1 aromatic carbocycles. The van der Waals surface area contributed by atoms with E-state index in [0.717, 1.165) is 0 Å². The lowest BCUT2D eigenvalue weighted by Crippen LogP contribution is -2.43. The van der Waals surface area contributed by atoms with E-state index < -0.39 is 9.84 Å². The van der Waals surface area contributed by atoms with Gasteiger partial charge in [-0.1, -0.05) is 18.2 Å². The number of likely N-dealkylation sites (N-methyl/N-ethyl adjacent to an activating group) is 1. The molecule has 2 atom stereocenters. The standard InChI is InChI=1S/C17H22N2O5S/c1-18-14-11-19(12-15(14)24-9-7-16(18)20)17(21)8-10-25(22,23)13-5-3-2-4-6-13/h2-6,14-15H,7-12H2,1H3/t14-,15-/m0/s1. The van der Waals surface area contributed by atoms with Crippen LogP contribution in [0.1, 0.15) is 12.8 Å². The minimum atomic E-state index is -3.48. The first-order chi connectivity index (χ1) is 11.9. The summed E-state index contributed by atoms with van der Waals surface area (Å²) in [7, 11) is -1.75. The molecule has 0 saturated carbocycles. The van der Waals surface area contributed by atoms with E-state index in [1.54, 1.807) is 35.0 Å². The first-order valence-electron chi connectivity index (χ1n) is 8.31. The largest absolute Gasteiger partial charge is 0.374 e. The predicted octanol–water partition coefficient (Wildman–Crippen LogP) is 0.309. The number of benzene rings is 1. The molecule has 0 aromatic heterocycles. The molecule has 136 valence electrons. The Hall–Kier alpha value is -1.93. The molecule has 0 N–H and O–H groups in total. The molecule has 2 heterocycles. The molecule has 2 saturated heterocycles. The van der Waals surface area contributed by atoms with Gasteiger partial charge in [0.2, 0.25) is 11.8 Å². The predicted molar refractivity (Wildman–Crippen MR) is 90.6 cm³/mol. The van der Waals surface area contributed by atoms with Gasteiger partial charge in [0.05, 0.1) is 35.8 Å². The molecule has 2 amide bonds. The highest BCUT2D eigenvalue weighted by molar-refractivity contribution is 7.91. The fraction of sp³-hybridized carbons (Fsp3) is 0.529. The highest BCUT2D eigenvalue weighted by Crippen LogP contribution is 2.23. The molecule has 7 nitrogen and oxygen atoms in total. The van der Waals surface area contributed by atoms with Crippen molar-refractivity contribution in [1.82, 2.24) is 9.80 Å². The Morgan fingerprint density at radius 3 is 2.68 bits per heavy atom. The summed E-state index contributed by atoms with van der Waals surface area (Å²) in [6.07, 6.45) is 0.0762. The lowest BCUT2D eigenvalue weighted by atomic mass is 10.2. The molecular formula is C17H22N2O5S. The van der Waals surface area contributed by atoms with E-state index in [1.165, 1.54) is 12.1 Å². The van der Waals surface area contributed by atoms with Crippen LogP contribution in [0.25, 0.3) is 0 Å². The Morgan fingerprint density at radius 1 is 1.24 bits per heavy atom. The van der Waals surface area contributed by atoms with Gasteiger partial charge in [0.15, 0.2) is 9.84 Å². The van der Waals surface area contributed by atoms with Gasteiger partial charge < -0.3 is 14.5 Å². The molecule has 0 spiro atoms. The van der Waals surface area contributed by atoms with E-state index in [0.29, 0.717) is 26.1 Å². The van der Waals surface area contributed by atoms with Crippen molar-refractivity contribution in [2.75, 3.05) is 32.5 Å². The number of ether oxygens (including phenoxy) is 1. The van der Waals surface area contributed by atoms with Gasteiger partial charge >= 0.3 is 0 Å². The van der Waals surface area contributed by atoms with Gasteiger partial charge in [-0.05, 0) is 12.1 Å². The summed E-state index contributed by atoms with van der Waals surface area (Å²) in [4.78, 5) is 27.8. The summed E-state index contributed by atoms with van der Waals surface area (Å²) in [6.45, 7) is 1.14. The maximum Gasteiger partial charge on any atom is 0.225 e. The van der Waals surface area contributed by atoms with E-state index in [1.807, 2.05) is 0 Å². The van der Waals surface area contributed by atoms with Crippen LogP contribution in [-0.2, 0) is 24.2 Å². The molecule has 8 heteroatoms. The minimum absolute atomic E-state index is 0.00783. The van der Waals surface area contributed by atoms with Crippen LogP contribution >= 0.6 is 0 Å². The quantitative estimate of drug-likeness (QED) is 0.766. The first kappa shape index (κ1) is 17.9. The number of nitrogens with zero attached hydrogens (tertiary/aromatic N) is 2. The molecule has 0 radical (unpaired) electrons. The third-order valence-electron chi connectivity index (χ3n) is 4.82. The van der Waals surface area contributed by atoms with Crippen molar-refractivity contribution in [2.24, 2.45) is 0 Å². The van der Waals surface area contributed by atoms with Crippen LogP contribution in [0, 0.1) is 0 Å². The van der Waals surface area contributed by atoms with Crippen molar-refractivity contribution < 1.29 is 22.7 Å². The molecule has 0 bridgehead atoms. The number of fused-ring (bicyclic) bond motifs is 1. The Labute approximate surface area is 147 Å². The molecule has 2 aliphatic rings. The van der Waals surface area contributed by atoms with Crippen molar-refractivity contribution in [3.05, 3.63) is 30.3 Å². The average Bonchev–Trinajstić information content (AvgIpc) is 2.98. The van der Waals surface area contributed by atoms with Crippen LogP contribution < -0.4 is 0 Å². The van der Waals surface area contributed by atoms with Crippen LogP contribution in [-0.4, -0.2) is 74.7 Å². The number of sulfone groups is 1. The minimum Gasteiger partial charge on any atom is -0.374 e. The summed E-state index contributed by atoms with van der Waals surface area (Å²) in [6, 6.07) is 7.96. The van der Waals surface area contributed by atoms with Gasteiger partial charge in [0.1, 0.15) is 0 Å². The van der Waals surface area contributed by atoms with Gasteiger partial charge in [0, 0.05) is 26.6 Å². The summed E-state index contributed by atoms with van der Waals surface area (Å²) in [5.74, 6) is -0.442. The number of rotatable bonds is 4. The lowest BCUT2D eigenvalue weighted by molar-refractivity contribution is -0.133. The summed E-state index contributed by atoms with van der Waals surface area (Å²) in [5, 5.41) is 0. The third kappa shape index (κ3) is 3.85. The van der Waals surface area contributed by atoms with Crippen LogP contribution in [0.15, 0.2) is 35.2 Å². The highest BCUT2D eigenvalue weighted by Gasteiger charge is 2.41. The third-order valence-corrected chi connectivity index (χ3v) is 6.55. The maximum absolute atomic E-state index is 12.4. The van der Waals surface area contributed by atoms with Gasteiger partial charge in [-0.3, -0.25) is 9.59 Å². The number of carbonyl (C=O) groups is 2. The Kier molecular flexibility index (Phi) is 5.10. The number of hydrogen-bond acceptors (Lipinski definition) is 5. The lowest BCUT2D eigenvalue weighted by Gasteiger charge is -2.25. The van der Waals surface area contributed by atoms with Crippen LogP contribution in [0.5, 0.6) is 0 Å². The zero-order chi connectivity index (χ0) is 18.0. The monoisotopic (exact) mass is 366 g/mol. The van der Waals surface area contributed by atoms with Crippen LogP contribution in [0.4, 0.5) is 0 Å². The molecule has 2 fully saturated rings. The molecule has 0 aliphatic carbocycles. The molecule has 1 aromatic rings. The molecule has 0 unspecified atom stereocenters. The van der Waals surface area contributed by atoms with Gasteiger partial charge in [-0.15, -0.1) is 0 Å². The van der Waals surface area contributed by atoms with Crippen molar-refractivity contribution in [2.45, 2.75) is 29.9 Å². The topological polar surface area (TPSA) is 84.0 Å². The van der Waals surface area contributed by atoms with E-state index in [2.05, 4.69) is 0 Å². The van der Waals surface area contributed by atoms with Crippen LogP contribution in [0.2, 0.25) is 0 Å². The SMILES string of the molecule is CN1C(=O)CCO[C@H]2CN(C(=O)CCS(=O)(=O)c3ccccc3)C[C@@H]21. The van der Waals surface area contributed by atoms with Crippen molar-refractivity contribution in [1.29, 1.82) is 0 Å². The smallest absolute Gasteiger partial charge is 0.225 e. The fourth-order valence-corrected chi connectivity index (χ4v) is 4.53. The Morgan fingerprint density at radius 2 is 1.96 bits per heavy atom. The molecule has 3 rings (SSSR count). The van der Waals surface area contributed by atoms with E-state index in [9.17, 15) is 18.0 Å². The van der Waals surface area contributed by atoms with E-state index in [-0.39, 0.29) is 41.0 Å². The summed E-state index contributed by atoms with van der Waals surface area (Å²) < 4.78 is 30.3. The first-order valence-corrected chi connectivity index (χ1v) is 9.96.